The molecular formula is C13H7Cl2F3N2O2. The average molecular weight is 351 g/mol. The number of anilines is 1. The van der Waals surface area contributed by atoms with Gasteiger partial charge in [-0.2, -0.15) is 0 Å². The van der Waals surface area contributed by atoms with Gasteiger partial charge in [0.05, 0.1) is 27.0 Å². The molecule has 116 valence electrons. The maximum absolute atomic E-state index is 13.8. The molecule has 9 heteroatoms. The summed E-state index contributed by atoms with van der Waals surface area (Å²) in [6, 6.07) is 3.25. The van der Waals surface area contributed by atoms with Crippen LogP contribution in [-0.4, -0.2) is 16.1 Å². The van der Waals surface area contributed by atoms with Crippen molar-refractivity contribution in [1.82, 2.24) is 4.98 Å². The number of carboxylic acid groups (broad SMARTS) is 1. The highest BCUT2D eigenvalue weighted by atomic mass is 35.5. The smallest absolute Gasteiger partial charge is 0.356 e. The van der Waals surface area contributed by atoms with E-state index in [1.165, 1.54) is 0 Å². The number of hydrogen-bond donors (Lipinski definition) is 2. The molecule has 4 nitrogen and oxygen atoms in total. The van der Waals surface area contributed by atoms with Crippen LogP contribution >= 0.6 is 23.2 Å². The zero-order valence-corrected chi connectivity index (χ0v) is 12.1. The Bertz CT molecular complexity index is 769. The number of nitrogen functional groups attached to an aromatic ring is 1. The second kappa shape index (κ2) is 6.02. The lowest BCUT2D eigenvalue weighted by atomic mass is 10.0. The Morgan fingerprint density at radius 3 is 2.50 bits per heavy atom. The van der Waals surface area contributed by atoms with Gasteiger partial charge in [-0.3, -0.25) is 0 Å². The molecular weight excluding hydrogens is 344 g/mol. The highest BCUT2D eigenvalue weighted by molar-refractivity contribution is 6.35. The van der Waals surface area contributed by atoms with Crippen LogP contribution < -0.4 is 5.73 Å². The van der Waals surface area contributed by atoms with Gasteiger partial charge in [-0.15, -0.1) is 0 Å². The van der Waals surface area contributed by atoms with Crippen molar-refractivity contribution in [3.05, 3.63) is 45.3 Å². The molecule has 0 spiro atoms. The van der Waals surface area contributed by atoms with E-state index in [0.717, 1.165) is 18.2 Å². The van der Waals surface area contributed by atoms with Crippen LogP contribution in [0.4, 0.5) is 18.9 Å². The van der Waals surface area contributed by atoms with E-state index in [9.17, 15) is 18.0 Å². The molecule has 2 rings (SSSR count). The minimum atomic E-state index is -3.18. The highest BCUT2D eigenvalue weighted by Gasteiger charge is 2.24. The fraction of sp³-hybridized carbons (Fsp3) is 0.0769. The van der Waals surface area contributed by atoms with Crippen LogP contribution in [0, 0.1) is 5.82 Å². The Hall–Kier alpha value is -1.99. The van der Waals surface area contributed by atoms with E-state index in [4.69, 9.17) is 34.0 Å². The van der Waals surface area contributed by atoms with Gasteiger partial charge >= 0.3 is 5.97 Å². The van der Waals surface area contributed by atoms with Crippen molar-refractivity contribution in [3.63, 3.8) is 0 Å². The molecule has 1 heterocycles. The summed E-state index contributed by atoms with van der Waals surface area (Å²) in [6.45, 7) is 0. The SMILES string of the molecule is Nc1cc(-c2ccc(Cl)c(F)c2C(F)F)nc(C(=O)O)c1Cl. The molecule has 0 aliphatic rings. The van der Waals surface area contributed by atoms with Gasteiger partial charge in [-0.25, -0.2) is 22.9 Å². The van der Waals surface area contributed by atoms with Crippen molar-refractivity contribution in [3.8, 4) is 11.3 Å². The van der Waals surface area contributed by atoms with Crippen molar-refractivity contribution in [2.24, 2.45) is 0 Å². The van der Waals surface area contributed by atoms with Crippen LogP contribution in [0.15, 0.2) is 18.2 Å². The second-order valence-electron chi connectivity index (χ2n) is 4.19. The summed E-state index contributed by atoms with van der Waals surface area (Å²) >= 11 is 11.2. The number of halogens is 5. The molecule has 3 N–H and O–H groups in total. The van der Waals surface area contributed by atoms with Crippen molar-refractivity contribution in [2.45, 2.75) is 6.43 Å². The molecule has 0 unspecified atom stereocenters. The molecule has 1 aromatic heterocycles. The van der Waals surface area contributed by atoms with E-state index >= 15 is 0 Å². The topological polar surface area (TPSA) is 76.2 Å². The first-order chi connectivity index (χ1) is 10.2. The third kappa shape index (κ3) is 2.82. The summed E-state index contributed by atoms with van der Waals surface area (Å²) < 4.78 is 40.0. The van der Waals surface area contributed by atoms with Crippen LogP contribution in [0.3, 0.4) is 0 Å². The van der Waals surface area contributed by atoms with Crippen LogP contribution in [0.25, 0.3) is 11.3 Å². The number of nitrogens with two attached hydrogens (primary N) is 1. The minimum Gasteiger partial charge on any atom is -0.476 e. The van der Waals surface area contributed by atoms with E-state index in [0.29, 0.717) is 0 Å². The van der Waals surface area contributed by atoms with Gasteiger partial charge < -0.3 is 10.8 Å². The standard InChI is InChI=1S/C13H7Cl2F3N2O2/c14-5-2-1-4(8(10(5)16)12(17)18)7-3-6(19)9(15)11(20-7)13(21)22/h1-3,12H,(H2,19,20)(H,21,22). The highest BCUT2D eigenvalue weighted by Crippen LogP contribution is 2.37. The Balaban J connectivity index is 2.78. The third-order valence-electron chi connectivity index (χ3n) is 2.82. The fourth-order valence-electron chi connectivity index (χ4n) is 1.83. The van der Waals surface area contributed by atoms with Crippen LogP contribution in [0.1, 0.15) is 22.5 Å². The molecule has 2 aromatic rings. The zero-order chi connectivity index (χ0) is 16.6. The summed E-state index contributed by atoms with van der Waals surface area (Å²) in [5.41, 5.74) is 3.20. The number of aromatic nitrogens is 1. The van der Waals surface area contributed by atoms with E-state index in [2.05, 4.69) is 4.98 Å². The third-order valence-corrected chi connectivity index (χ3v) is 3.50. The van der Waals surface area contributed by atoms with Crippen molar-refractivity contribution in [1.29, 1.82) is 0 Å². The normalized spacial score (nSPS) is 11.0. The number of pyridine rings is 1. The molecule has 0 radical (unpaired) electrons. The number of carboxylic acids is 1. The number of hydrogen-bond acceptors (Lipinski definition) is 3. The lowest BCUT2D eigenvalue weighted by Gasteiger charge is -2.12. The minimum absolute atomic E-state index is 0.181. The van der Waals surface area contributed by atoms with Crippen molar-refractivity contribution in [2.75, 3.05) is 5.73 Å². The van der Waals surface area contributed by atoms with E-state index in [1.54, 1.807) is 0 Å². The number of alkyl halides is 2. The molecule has 0 saturated carbocycles. The van der Waals surface area contributed by atoms with E-state index < -0.39 is 34.5 Å². The Morgan fingerprint density at radius 2 is 1.95 bits per heavy atom. The van der Waals surface area contributed by atoms with Gasteiger partial charge in [0.15, 0.2) is 11.5 Å². The Morgan fingerprint density at radius 1 is 1.32 bits per heavy atom. The fourth-order valence-corrected chi connectivity index (χ4v) is 2.17. The predicted octanol–water partition coefficient (Wildman–Crippen LogP) is 4.41. The van der Waals surface area contributed by atoms with Crippen molar-refractivity contribution >= 4 is 34.9 Å². The Labute approximate surface area is 132 Å². The van der Waals surface area contributed by atoms with Gasteiger partial charge in [0.25, 0.3) is 6.43 Å². The first-order valence-corrected chi connectivity index (χ1v) is 6.45. The quantitative estimate of drug-likeness (QED) is 0.859. The van der Waals surface area contributed by atoms with Gasteiger partial charge in [0, 0.05) is 5.56 Å². The number of carbonyl (C=O) groups is 1. The molecule has 1 aromatic carbocycles. The first-order valence-electron chi connectivity index (χ1n) is 5.69. The van der Waals surface area contributed by atoms with Crippen LogP contribution in [-0.2, 0) is 0 Å². The maximum Gasteiger partial charge on any atom is 0.356 e. The first kappa shape index (κ1) is 16.4. The van der Waals surface area contributed by atoms with E-state index in [1.807, 2.05) is 0 Å². The number of nitrogens with zero attached hydrogens (tertiary/aromatic N) is 1. The molecule has 22 heavy (non-hydrogen) atoms. The van der Waals surface area contributed by atoms with Gasteiger partial charge in [0.2, 0.25) is 0 Å². The molecule has 0 atom stereocenters. The van der Waals surface area contributed by atoms with Gasteiger partial charge in [-0.1, -0.05) is 29.3 Å². The molecule has 0 aliphatic carbocycles. The van der Waals surface area contributed by atoms with Gasteiger partial charge in [-0.05, 0) is 12.1 Å². The molecule has 0 amide bonds. The molecule has 0 aliphatic heterocycles. The van der Waals surface area contributed by atoms with Crippen LogP contribution in [0.2, 0.25) is 10.0 Å². The lowest BCUT2D eigenvalue weighted by Crippen LogP contribution is -2.06. The largest absolute Gasteiger partial charge is 0.476 e. The molecule has 0 saturated heterocycles. The van der Waals surface area contributed by atoms with E-state index in [-0.39, 0.29) is 22.0 Å². The monoisotopic (exact) mass is 350 g/mol. The Kier molecular flexibility index (Phi) is 4.48. The molecule has 0 bridgehead atoms. The van der Waals surface area contributed by atoms with Gasteiger partial charge in [0.1, 0.15) is 0 Å². The average Bonchev–Trinajstić information content (AvgIpc) is 2.43. The second-order valence-corrected chi connectivity index (χ2v) is 4.97. The summed E-state index contributed by atoms with van der Waals surface area (Å²) in [6.07, 6.45) is -3.18. The number of aromatic carboxylic acids is 1. The zero-order valence-electron chi connectivity index (χ0n) is 10.6. The molecule has 0 fully saturated rings. The lowest BCUT2D eigenvalue weighted by molar-refractivity contribution is 0.0691. The van der Waals surface area contributed by atoms with Crippen molar-refractivity contribution < 1.29 is 23.1 Å². The predicted molar refractivity (Wildman–Crippen MR) is 76.0 cm³/mol. The summed E-state index contributed by atoms with van der Waals surface area (Å²) in [5.74, 6) is -2.80. The summed E-state index contributed by atoms with van der Waals surface area (Å²) in [4.78, 5) is 14.7. The van der Waals surface area contributed by atoms with Crippen LogP contribution in [0.5, 0.6) is 0 Å². The summed E-state index contributed by atoms with van der Waals surface area (Å²) in [7, 11) is 0. The number of rotatable bonds is 3. The number of benzene rings is 1. The summed E-state index contributed by atoms with van der Waals surface area (Å²) in [5, 5.41) is 8.18. The maximum atomic E-state index is 13.8.